The maximum atomic E-state index is 12.3. The molecule has 0 radical (unpaired) electrons. The van der Waals surface area contributed by atoms with Gasteiger partial charge in [0.25, 0.3) is 5.91 Å². The predicted molar refractivity (Wildman–Crippen MR) is 118 cm³/mol. The van der Waals surface area contributed by atoms with Crippen LogP contribution >= 0.6 is 27.5 Å². The highest BCUT2D eigenvalue weighted by Crippen LogP contribution is 2.20. The average Bonchev–Trinajstić information content (AvgIpc) is 2.74. The first-order valence-corrected chi connectivity index (χ1v) is 9.95. The molecule has 0 atom stereocenters. The number of nitrogens with zero attached hydrogens (tertiary/aromatic N) is 1. The number of halogens is 2. The van der Waals surface area contributed by atoms with E-state index in [-0.39, 0.29) is 6.61 Å². The third kappa shape index (κ3) is 6.43. The molecule has 0 aliphatic rings. The first kappa shape index (κ1) is 21.5. The summed E-state index contributed by atoms with van der Waals surface area (Å²) in [7, 11) is 0. The third-order valence-corrected chi connectivity index (χ3v) is 4.69. The number of hydrogen-bond donors (Lipinski definition) is 1. The minimum Gasteiger partial charge on any atom is -0.484 e. The van der Waals surface area contributed by atoms with Crippen molar-refractivity contribution in [3.8, 4) is 11.5 Å². The molecule has 0 aliphatic carbocycles. The van der Waals surface area contributed by atoms with Crippen LogP contribution in [0.5, 0.6) is 11.5 Å². The molecule has 0 bridgehead atoms. The largest absolute Gasteiger partial charge is 0.484 e. The Bertz CT molecular complexity index is 1070. The van der Waals surface area contributed by atoms with E-state index in [1.165, 1.54) is 6.21 Å². The lowest BCUT2D eigenvalue weighted by atomic mass is 10.2. The van der Waals surface area contributed by atoms with Crippen LogP contribution in [0.1, 0.15) is 15.9 Å². The Balaban J connectivity index is 1.52. The van der Waals surface area contributed by atoms with Crippen LogP contribution in [0.3, 0.4) is 0 Å². The molecular formula is C22H16BrClN2O4. The van der Waals surface area contributed by atoms with Crippen molar-refractivity contribution in [2.45, 2.75) is 0 Å². The molecule has 1 N–H and O–H groups in total. The number of benzene rings is 3. The van der Waals surface area contributed by atoms with Gasteiger partial charge in [0.15, 0.2) is 6.61 Å². The Labute approximate surface area is 186 Å². The Hall–Kier alpha value is -3.16. The Morgan fingerprint density at radius 1 is 1.00 bits per heavy atom. The Kier molecular flexibility index (Phi) is 7.59. The molecule has 30 heavy (non-hydrogen) atoms. The summed E-state index contributed by atoms with van der Waals surface area (Å²) in [5.74, 6) is -0.0166. The number of amides is 1. The smallest absolute Gasteiger partial charge is 0.344 e. The second-order valence-electron chi connectivity index (χ2n) is 5.98. The number of rotatable bonds is 7. The molecule has 1 amide bonds. The van der Waals surface area contributed by atoms with Crippen LogP contribution in [0.15, 0.2) is 82.4 Å². The molecule has 0 spiro atoms. The Morgan fingerprint density at radius 3 is 2.53 bits per heavy atom. The van der Waals surface area contributed by atoms with E-state index < -0.39 is 11.9 Å². The summed E-state index contributed by atoms with van der Waals surface area (Å²) in [5, 5.41) is 4.47. The molecular weight excluding hydrogens is 472 g/mol. The first-order valence-electron chi connectivity index (χ1n) is 8.78. The summed E-state index contributed by atoms with van der Waals surface area (Å²) in [6.07, 6.45) is 1.44. The van der Waals surface area contributed by atoms with E-state index in [9.17, 15) is 9.59 Å². The van der Waals surface area contributed by atoms with Gasteiger partial charge in [-0.3, -0.25) is 4.79 Å². The van der Waals surface area contributed by atoms with Gasteiger partial charge in [-0.25, -0.2) is 10.2 Å². The molecule has 0 saturated carbocycles. The van der Waals surface area contributed by atoms with Gasteiger partial charge in [-0.05, 0) is 70.0 Å². The summed E-state index contributed by atoms with van der Waals surface area (Å²) in [4.78, 5) is 24.1. The van der Waals surface area contributed by atoms with Gasteiger partial charge < -0.3 is 9.47 Å². The summed E-state index contributed by atoms with van der Waals surface area (Å²) in [5.41, 5.74) is 3.44. The monoisotopic (exact) mass is 486 g/mol. The zero-order valence-electron chi connectivity index (χ0n) is 15.5. The standard InChI is InChI=1S/C22H16BrClN2O4/c23-20-7-2-1-6-19(20)22(28)30-18-5-3-4-15(12-18)13-25-26-21(27)14-29-17-10-8-16(24)9-11-17/h1-13H,14H2,(H,26,27)/b25-13-. The number of esters is 1. The fraction of sp³-hybridized carbons (Fsp3) is 0.0455. The van der Waals surface area contributed by atoms with Gasteiger partial charge >= 0.3 is 5.97 Å². The Morgan fingerprint density at radius 2 is 1.77 bits per heavy atom. The zero-order valence-corrected chi connectivity index (χ0v) is 17.9. The van der Waals surface area contributed by atoms with E-state index >= 15 is 0 Å². The van der Waals surface area contributed by atoms with Crippen molar-refractivity contribution >= 4 is 45.6 Å². The van der Waals surface area contributed by atoms with Crippen LogP contribution in [0.4, 0.5) is 0 Å². The van der Waals surface area contributed by atoms with E-state index in [1.807, 2.05) is 6.07 Å². The van der Waals surface area contributed by atoms with Gasteiger partial charge in [0.2, 0.25) is 0 Å². The van der Waals surface area contributed by atoms with Crippen LogP contribution in [0.2, 0.25) is 5.02 Å². The normalized spacial score (nSPS) is 10.6. The third-order valence-electron chi connectivity index (χ3n) is 3.75. The molecule has 3 aromatic carbocycles. The SMILES string of the molecule is O=C(COc1ccc(Cl)cc1)N/N=C\c1cccc(OC(=O)c2ccccc2Br)c1. The van der Waals surface area contributed by atoms with E-state index in [4.69, 9.17) is 21.1 Å². The van der Waals surface area contributed by atoms with Crippen molar-refractivity contribution < 1.29 is 19.1 Å². The predicted octanol–water partition coefficient (Wildman–Crippen LogP) is 4.85. The van der Waals surface area contributed by atoms with Crippen LogP contribution in [0.25, 0.3) is 0 Å². The van der Waals surface area contributed by atoms with Crippen LogP contribution < -0.4 is 14.9 Å². The number of hydrazone groups is 1. The second-order valence-corrected chi connectivity index (χ2v) is 7.27. The van der Waals surface area contributed by atoms with Gasteiger partial charge in [0.1, 0.15) is 11.5 Å². The minimum absolute atomic E-state index is 0.192. The molecule has 0 saturated heterocycles. The first-order chi connectivity index (χ1) is 14.5. The molecule has 3 aromatic rings. The highest BCUT2D eigenvalue weighted by molar-refractivity contribution is 9.10. The molecule has 0 aromatic heterocycles. The fourth-order valence-electron chi connectivity index (χ4n) is 2.34. The maximum absolute atomic E-state index is 12.3. The highest BCUT2D eigenvalue weighted by atomic mass is 79.9. The molecule has 0 unspecified atom stereocenters. The van der Waals surface area contributed by atoms with Crippen molar-refractivity contribution in [1.82, 2.24) is 5.43 Å². The molecule has 0 aliphatic heterocycles. The van der Waals surface area contributed by atoms with Crippen molar-refractivity contribution in [2.24, 2.45) is 5.10 Å². The van der Waals surface area contributed by atoms with Gasteiger partial charge in [-0.1, -0.05) is 35.9 Å². The van der Waals surface area contributed by atoms with Crippen molar-refractivity contribution in [3.63, 3.8) is 0 Å². The quantitative estimate of drug-likeness (QED) is 0.224. The van der Waals surface area contributed by atoms with Crippen LogP contribution in [-0.2, 0) is 4.79 Å². The zero-order chi connectivity index (χ0) is 21.3. The summed E-state index contributed by atoms with van der Waals surface area (Å²) in [6, 6.07) is 20.4. The van der Waals surface area contributed by atoms with E-state index in [1.54, 1.807) is 66.7 Å². The number of carbonyl (C=O) groups is 2. The molecule has 3 rings (SSSR count). The lowest BCUT2D eigenvalue weighted by Crippen LogP contribution is -2.24. The van der Waals surface area contributed by atoms with Gasteiger partial charge in [-0.2, -0.15) is 5.10 Å². The van der Waals surface area contributed by atoms with Gasteiger partial charge in [0, 0.05) is 9.50 Å². The van der Waals surface area contributed by atoms with E-state index in [2.05, 4.69) is 26.5 Å². The number of nitrogens with one attached hydrogen (secondary N) is 1. The minimum atomic E-state index is -0.482. The molecule has 8 heteroatoms. The van der Waals surface area contributed by atoms with Crippen molar-refractivity contribution in [3.05, 3.63) is 93.4 Å². The molecule has 152 valence electrons. The van der Waals surface area contributed by atoms with E-state index in [0.717, 1.165) is 0 Å². The molecule has 0 heterocycles. The van der Waals surface area contributed by atoms with Crippen molar-refractivity contribution in [2.75, 3.05) is 6.61 Å². The lowest BCUT2D eigenvalue weighted by Gasteiger charge is -2.06. The number of ether oxygens (including phenoxy) is 2. The van der Waals surface area contributed by atoms with Gasteiger partial charge in [0.05, 0.1) is 11.8 Å². The van der Waals surface area contributed by atoms with Gasteiger partial charge in [-0.15, -0.1) is 0 Å². The second kappa shape index (κ2) is 10.6. The number of carbonyl (C=O) groups excluding carboxylic acids is 2. The number of hydrogen-bond acceptors (Lipinski definition) is 5. The fourth-order valence-corrected chi connectivity index (χ4v) is 2.91. The van der Waals surface area contributed by atoms with Crippen molar-refractivity contribution in [1.29, 1.82) is 0 Å². The molecule has 6 nitrogen and oxygen atoms in total. The summed E-state index contributed by atoms with van der Waals surface area (Å²) in [6.45, 7) is -0.192. The summed E-state index contributed by atoms with van der Waals surface area (Å²) < 4.78 is 11.4. The van der Waals surface area contributed by atoms with E-state index in [0.29, 0.717) is 32.1 Å². The van der Waals surface area contributed by atoms with Crippen LogP contribution in [-0.4, -0.2) is 24.7 Å². The topological polar surface area (TPSA) is 77.0 Å². The maximum Gasteiger partial charge on any atom is 0.344 e. The van der Waals surface area contributed by atoms with Crippen LogP contribution in [0, 0.1) is 0 Å². The summed E-state index contributed by atoms with van der Waals surface area (Å²) >= 11 is 9.12. The molecule has 0 fully saturated rings. The highest BCUT2D eigenvalue weighted by Gasteiger charge is 2.12. The average molecular weight is 488 g/mol. The lowest BCUT2D eigenvalue weighted by molar-refractivity contribution is -0.123.